The number of benzene rings is 1. The van der Waals surface area contributed by atoms with Gasteiger partial charge in [-0.3, -0.25) is 0 Å². The Morgan fingerprint density at radius 3 is 2.83 bits per heavy atom. The van der Waals surface area contributed by atoms with Crippen LogP contribution in [0.4, 0.5) is 4.39 Å². The van der Waals surface area contributed by atoms with Crippen molar-refractivity contribution < 1.29 is 17.9 Å². The van der Waals surface area contributed by atoms with E-state index in [1.54, 1.807) is 6.92 Å². The minimum absolute atomic E-state index is 0.115. The van der Waals surface area contributed by atoms with Crippen molar-refractivity contribution in [2.45, 2.75) is 30.7 Å². The molecule has 18 heavy (non-hydrogen) atoms. The molecule has 6 heteroatoms. The summed E-state index contributed by atoms with van der Waals surface area (Å²) in [5.74, 6) is -0.452. The van der Waals surface area contributed by atoms with Crippen LogP contribution in [-0.2, 0) is 10.0 Å². The van der Waals surface area contributed by atoms with E-state index in [0.29, 0.717) is 18.5 Å². The van der Waals surface area contributed by atoms with E-state index in [0.717, 1.165) is 12.5 Å². The number of aliphatic hydroxyl groups is 1. The zero-order valence-corrected chi connectivity index (χ0v) is 11.0. The van der Waals surface area contributed by atoms with Crippen LogP contribution in [0.3, 0.4) is 0 Å². The quantitative estimate of drug-likeness (QED) is 0.902. The molecule has 0 saturated carbocycles. The summed E-state index contributed by atoms with van der Waals surface area (Å²) >= 11 is 0. The molecule has 1 N–H and O–H groups in total. The second-order valence-corrected chi connectivity index (χ2v) is 6.36. The molecule has 1 aromatic carbocycles. The van der Waals surface area contributed by atoms with Crippen molar-refractivity contribution in [2.75, 3.05) is 13.2 Å². The third-order valence-electron chi connectivity index (χ3n) is 3.26. The van der Waals surface area contributed by atoms with Gasteiger partial charge in [-0.05, 0) is 43.5 Å². The van der Waals surface area contributed by atoms with Gasteiger partial charge >= 0.3 is 0 Å². The van der Waals surface area contributed by atoms with Gasteiger partial charge in [0.2, 0.25) is 10.0 Å². The van der Waals surface area contributed by atoms with Crippen LogP contribution in [-0.4, -0.2) is 37.0 Å². The van der Waals surface area contributed by atoms with Crippen LogP contribution >= 0.6 is 0 Å². The number of sulfonamides is 1. The first-order valence-corrected chi connectivity index (χ1v) is 7.29. The molecule has 1 heterocycles. The van der Waals surface area contributed by atoms with Crippen LogP contribution in [0.15, 0.2) is 23.1 Å². The Kier molecular flexibility index (Phi) is 3.70. The first-order chi connectivity index (χ1) is 8.46. The average Bonchev–Trinajstić information content (AvgIpc) is 2.76. The van der Waals surface area contributed by atoms with Crippen LogP contribution in [0.2, 0.25) is 0 Å². The number of aryl methyl sites for hydroxylation is 1. The average molecular weight is 273 g/mol. The molecule has 0 bridgehead atoms. The number of hydrogen-bond acceptors (Lipinski definition) is 3. The lowest BCUT2D eigenvalue weighted by Crippen LogP contribution is -2.37. The first-order valence-electron chi connectivity index (χ1n) is 5.85. The van der Waals surface area contributed by atoms with Crippen LogP contribution in [0.1, 0.15) is 18.4 Å². The molecular weight excluding hydrogens is 257 g/mol. The number of halogens is 1. The Labute approximate surface area is 106 Å². The maximum atomic E-state index is 13.0. The maximum absolute atomic E-state index is 13.0. The Hall–Kier alpha value is -0.980. The van der Waals surface area contributed by atoms with Gasteiger partial charge in [-0.2, -0.15) is 4.31 Å². The van der Waals surface area contributed by atoms with Crippen molar-refractivity contribution in [3.8, 4) is 0 Å². The maximum Gasteiger partial charge on any atom is 0.243 e. The zero-order valence-electron chi connectivity index (χ0n) is 10.1. The fourth-order valence-electron chi connectivity index (χ4n) is 2.34. The Bertz CT molecular complexity index is 544. The third-order valence-corrected chi connectivity index (χ3v) is 5.37. The van der Waals surface area contributed by atoms with Crippen LogP contribution in [0.25, 0.3) is 0 Å². The normalized spacial score (nSPS) is 21.4. The smallest absolute Gasteiger partial charge is 0.243 e. The van der Waals surface area contributed by atoms with E-state index in [4.69, 9.17) is 0 Å². The van der Waals surface area contributed by atoms with E-state index >= 15 is 0 Å². The van der Waals surface area contributed by atoms with Gasteiger partial charge in [-0.15, -0.1) is 0 Å². The highest BCUT2D eigenvalue weighted by Gasteiger charge is 2.35. The minimum Gasteiger partial charge on any atom is -0.395 e. The number of aliphatic hydroxyl groups excluding tert-OH is 1. The fourth-order valence-corrected chi connectivity index (χ4v) is 4.23. The SMILES string of the molecule is Cc1cc(F)ccc1S(=O)(=O)N1CCC[C@H]1CO. The van der Waals surface area contributed by atoms with Gasteiger partial charge in [0.25, 0.3) is 0 Å². The van der Waals surface area contributed by atoms with Crippen LogP contribution in [0, 0.1) is 12.7 Å². The number of rotatable bonds is 3. The Morgan fingerprint density at radius 2 is 2.22 bits per heavy atom. The first kappa shape index (κ1) is 13.5. The largest absolute Gasteiger partial charge is 0.395 e. The molecule has 1 atom stereocenters. The van der Waals surface area contributed by atoms with E-state index < -0.39 is 15.8 Å². The predicted octanol–water partition coefficient (Wildman–Crippen LogP) is 1.28. The standard InChI is InChI=1S/C12H16FNO3S/c1-9-7-10(13)4-5-12(9)18(16,17)14-6-2-3-11(14)8-15/h4-5,7,11,15H,2-3,6,8H2,1H3/t11-/m0/s1. The lowest BCUT2D eigenvalue weighted by atomic mass is 10.2. The topological polar surface area (TPSA) is 57.6 Å². The van der Waals surface area contributed by atoms with Gasteiger partial charge in [-0.25, -0.2) is 12.8 Å². The summed E-state index contributed by atoms with van der Waals surface area (Å²) < 4.78 is 39.2. The summed E-state index contributed by atoms with van der Waals surface area (Å²) in [7, 11) is -3.64. The van der Waals surface area contributed by atoms with Gasteiger partial charge < -0.3 is 5.11 Å². The van der Waals surface area contributed by atoms with E-state index in [1.165, 1.54) is 16.4 Å². The van der Waals surface area contributed by atoms with Gasteiger partial charge in [0.1, 0.15) is 5.82 Å². The highest BCUT2D eigenvalue weighted by atomic mass is 32.2. The molecule has 1 aliphatic heterocycles. The van der Waals surface area contributed by atoms with Gasteiger partial charge in [0.15, 0.2) is 0 Å². The lowest BCUT2D eigenvalue weighted by Gasteiger charge is -2.23. The molecule has 1 fully saturated rings. The Morgan fingerprint density at radius 1 is 1.50 bits per heavy atom. The van der Waals surface area contributed by atoms with Crippen LogP contribution < -0.4 is 0 Å². The Balaban J connectivity index is 2.42. The minimum atomic E-state index is -3.64. The van der Waals surface area contributed by atoms with Crippen LogP contribution in [0.5, 0.6) is 0 Å². The number of nitrogens with zero attached hydrogens (tertiary/aromatic N) is 1. The predicted molar refractivity (Wildman–Crippen MR) is 65.1 cm³/mol. The molecule has 0 aliphatic carbocycles. The fraction of sp³-hybridized carbons (Fsp3) is 0.500. The van der Waals surface area contributed by atoms with Crippen molar-refractivity contribution in [1.29, 1.82) is 0 Å². The number of hydrogen-bond donors (Lipinski definition) is 1. The lowest BCUT2D eigenvalue weighted by molar-refractivity contribution is 0.213. The molecular formula is C12H16FNO3S. The van der Waals surface area contributed by atoms with Gasteiger partial charge in [-0.1, -0.05) is 0 Å². The van der Waals surface area contributed by atoms with Crippen molar-refractivity contribution >= 4 is 10.0 Å². The van der Waals surface area contributed by atoms with E-state index in [-0.39, 0.29) is 17.5 Å². The molecule has 4 nitrogen and oxygen atoms in total. The highest BCUT2D eigenvalue weighted by molar-refractivity contribution is 7.89. The molecule has 2 rings (SSSR count). The highest BCUT2D eigenvalue weighted by Crippen LogP contribution is 2.27. The molecule has 0 radical (unpaired) electrons. The second kappa shape index (κ2) is 4.95. The van der Waals surface area contributed by atoms with Crippen molar-refractivity contribution in [2.24, 2.45) is 0 Å². The van der Waals surface area contributed by atoms with Gasteiger partial charge in [0, 0.05) is 12.6 Å². The molecule has 0 unspecified atom stereocenters. The van der Waals surface area contributed by atoms with E-state index in [2.05, 4.69) is 0 Å². The molecule has 1 aliphatic rings. The van der Waals surface area contributed by atoms with E-state index in [9.17, 15) is 17.9 Å². The molecule has 0 amide bonds. The third kappa shape index (κ3) is 2.28. The van der Waals surface area contributed by atoms with Crippen molar-refractivity contribution in [1.82, 2.24) is 4.31 Å². The summed E-state index contributed by atoms with van der Waals surface area (Å²) in [5, 5.41) is 9.19. The molecule has 100 valence electrons. The monoisotopic (exact) mass is 273 g/mol. The molecule has 1 aromatic rings. The zero-order chi connectivity index (χ0) is 13.3. The van der Waals surface area contributed by atoms with Gasteiger partial charge in [0.05, 0.1) is 11.5 Å². The summed E-state index contributed by atoms with van der Waals surface area (Å²) in [6.07, 6.45) is 1.40. The van der Waals surface area contributed by atoms with Crippen molar-refractivity contribution in [3.63, 3.8) is 0 Å². The summed E-state index contributed by atoms with van der Waals surface area (Å²) in [6.45, 7) is 1.80. The molecule has 0 aromatic heterocycles. The summed E-state index contributed by atoms with van der Waals surface area (Å²) in [6, 6.07) is 3.27. The molecule has 1 saturated heterocycles. The second-order valence-electron chi connectivity index (χ2n) is 4.50. The van der Waals surface area contributed by atoms with E-state index in [1.807, 2.05) is 0 Å². The summed E-state index contributed by atoms with van der Waals surface area (Å²) in [4.78, 5) is 0.115. The summed E-state index contributed by atoms with van der Waals surface area (Å²) in [5.41, 5.74) is 0.388. The molecule has 0 spiro atoms. The van der Waals surface area contributed by atoms with Crippen molar-refractivity contribution in [3.05, 3.63) is 29.6 Å².